The van der Waals surface area contributed by atoms with E-state index < -0.39 is 0 Å². The molecule has 2 amide bonds. The highest BCUT2D eigenvalue weighted by Crippen LogP contribution is 2.15. The Morgan fingerprint density at radius 1 is 1.30 bits per heavy atom. The molecule has 0 unspecified atom stereocenters. The van der Waals surface area contributed by atoms with Gasteiger partial charge in [0.15, 0.2) is 0 Å². The maximum atomic E-state index is 12.5. The van der Waals surface area contributed by atoms with Gasteiger partial charge in [0.25, 0.3) is 5.91 Å². The monoisotopic (exact) mass is 269 g/mol. The zero-order valence-corrected chi connectivity index (χ0v) is 11.0. The maximum absolute atomic E-state index is 12.5. The number of hydrogen-bond acceptors (Lipinski definition) is 3. The predicted octanol–water partition coefficient (Wildman–Crippen LogP) is 1.20. The predicted molar refractivity (Wildman–Crippen MR) is 75.3 cm³/mol. The number of amides is 2. The van der Waals surface area contributed by atoms with Gasteiger partial charge in [-0.25, -0.2) is 0 Å². The number of nitrogens with one attached hydrogen (secondary N) is 1. The molecule has 20 heavy (non-hydrogen) atoms. The second kappa shape index (κ2) is 5.28. The number of aromatic nitrogens is 1. The molecule has 0 atom stereocenters. The topological polar surface area (TPSA) is 62.3 Å². The quantitative estimate of drug-likeness (QED) is 0.846. The largest absolute Gasteiger partial charge is 0.354 e. The van der Waals surface area contributed by atoms with Crippen LogP contribution in [0.5, 0.6) is 0 Å². The molecule has 1 aliphatic rings. The Bertz CT molecular complexity index is 669. The van der Waals surface area contributed by atoms with E-state index in [1.54, 1.807) is 17.2 Å². The minimum absolute atomic E-state index is 0.0988. The number of carbonyl (C=O) groups excluding carboxylic acids is 2. The second-order valence-electron chi connectivity index (χ2n) is 4.84. The van der Waals surface area contributed by atoms with Crippen LogP contribution < -0.4 is 5.32 Å². The van der Waals surface area contributed by atoms with Crippen LogP contribution in [0, 0.1) is 0 Å². The number of fused-ring (bicyclic) bond motifs is 1. The Morgan fingerprint density at radius 2 is 2.20 bits per heavy atom. The molecular formula is C15H15N3O2. The number of nitrogens with zero attached hydrogens (tertiary/aromatic N) is 2. The summed E-state index contributed by atoms with van der Waals surface area (Å²) >= 11 is 0. The third kappa shape index (κ3) is 2.47. The summed E-state index contributed by atoms with van der Waals surface area (Å²) in [6, 6.07) is 9.19. The average Bonchev–Trinajstić information content (AvgIpc) is 2.70. The molecule has 0 saturated carbocycles. The first-order valence-corrected chi connectivity index (χ1v) is 6.65. The van der Waals surface area contributed by atoms with Gasteiger partial charge in [0, 0.05) is 30.2 Å². The van der Waals surface area contributed by atoms with Crippen LogP contribution in [-0.2, 0) is 4.79 Å². The van der Waals surface area contributed by atoms with Crippen LogP contribution in [0.2, 0.25) is 0 Å². The fourth-order valence-electron chi connectivity index (χ4n) is 2.37. The number of hydrogen-bond donors (Lipinski definition) is 1. The Balaban J connectivity index is 1.89. The van der Waals surface area contributed by atoms with E-state index in [1.807, 2.05) is 24.3 Å². The van der Waals surface area contributed by atoms with Crippen molar-refractivity contribution in [1.29, 1.82) is 0 Å². The van der Waals surface area contributed by atoms with Crippen LogP contribution in [0.15, 0.2) is 36.5 Å². The zero-order chi connectivity index (χ0) is 13.9. The lowest BCUT2D eigenvalue weighted by Crippen LogP contribution is -2.37. The first-order valence-electron chi connectivity index (χ1n) is 6.65. The minimum Gasteiger partial charge on any atom is -0.354 e. The van der Waals surface area contributed by atoms with Crippen LogP contribution in [0.25, 0.3) is 10.9 Å². The summed E-state index contributed by atoms with van der Waals surface area (Å²) in [6.45, 7) is 1.36. The molecule has 0 aliphatic carbocycles. The molecule has 102 valence electrons. The van der Waals surface area contributed by atoms with Crippen LogP contribution >= 0.6 is 0 Å². The van der Waals surface area contributed by atoms with Crippen LogP contribution in [0.4, 0.5) is 0 Å². The molecule has 5 nitrogen and oxygen atoms in total. The molecule has 1 aliphatic heterocycles. The lowest BCUT2D eigenvalue weighted by Gasteiger charge is -2.19. The van der Waals surface area contributed by atoms with Gasteiger partial charge in [-0.1, -0.05) is 6.07 Å². The number of benzene rings is 1. The lowest BCUT2D eigenvalue weighted by molar-refractivity contribution is -0.121. The normalized spacial score (nSPS) is 15.8. The van der Waals surface area contributed by atoms with Crippen LogP contribution in [0.3, 0.4) is 0 Å². The molecule has 2 heterocycles. The molecule has 1 saturated heterocycles. The summed E-state index contributed by atoms with van der Waals surface area (Å²) in [6.07, 6.45) is 2.51. The molecule has 1 N–H and O–H groups in total. The fourth-order valence-corrected chi connectivity index (χ4v) is 2.37. The standard InChI is InChI=1S/C15H15N3O2/c19-14-10-18(8-2-7-17-14)15(20)12-4-5-13-11(9-12)3-1-6-16-13/h1,3-6,9H,2,7-8,10H2,(H,17,19). The van der Waals surface area contributed by atoms with Crippen molar-refractivity contribution in [3.05, 3.63) is 42.1 Å². The zero-order valence-electron chi connectivity index (χ0n) is 11.0. The molecule has 0 bridgehead atoms. The Morgan fingerprint density at radius 3 is 3.10 bits per heavy atom. The van der Waals surface area contributed by atoms with Gasteiger partial charge in [0.2, 0.25) is 5.91 Å². The highest BCUT2D eigenvalue weighted by molar-refractivity contribution is 5.99. The molecule has 1 fully saturated rings. The van der Waals surface area contributed by atoms with Gasteiger partial charge in [-0.05, 0) is 30.7 Å². The average molecular weight is 269 g/mol. The number of carbonyl (C=O) groups is 2. The number of rotatable bonds is 1. The molecule has 0 radical (unpaired) electrons. The van der Waals surface area contributed by atoms with Crippen molar-refractivity contribution in [2.45, 2.75) is 6.42 Å². The van der Waals surface area contributed by atoms with Gasteiger partial charge in [-0.2, -0.15) is 0 Å². The minimum atomic E-state index is -0.104. The van der Waals surface area contributed by atoms with E-state index in [2.05, 4.69) is 10.3 Å². The molecule has 1 aromatic carbocycles. The van der Waals surface area contributed by atoms with E-state index in [1.165, 1.54) is 0 Å². The van der Waals surface area contributed by atoms with Crippen molar-refractivity contribution in [2.24, 2.45) is 0 Å². The summed E-state index contributed by atoms with van der Waals surface area (Å²) in [5, 5.41) is 3.70. The fraction of sp³-hybridized carbons (Fsp3) is 0.267. The van der Waals surface area contributed by atoms with Gasteiger partial charge < -0.3 is 10.2 Å². The van der Waals surface area contributed by atoms with Gasteiger partial charge >= 0.3 is 0 Å². The highest BCUT2D eigenvalue weighted by Gasteiger charge is 2.21. The van der Waals surface area contributed by atoms with E-state index in [4.69, 9.17) is 0 Å². The van der Waals surface area contributed by atoms with E-state index in [0.29, 0.717) is 18.7 Å². The van der Waals surface area contributed by atoms with Gasteiger partial charge in [0.1, 0.15) is 0 Å². The molecule has 2 aromatic rings. The smallest absolute Gasteiger partial charge is 0.254 e. The SMILES string of the molecule is O=C1CN(C(=O)c2ccc3ncccc3c2)CCCN1. The van der Waals surface area contributed by atoms with E-state index in [9.17, 15) is 9.59 Å². The molecular weight excluding hydrogens is 254 g/mol. The molecule has 1 aromatic heterocycles. The third-order valence-corrected chi connectivity index (χ3v) is 3.40. The van der Waals surface area contributed by atoms with Crippen molar-refractivity contribution in [3.8, 4) is 0 Å². The van der Waals surface area contributed by atoms with E-state index in [0.717, 1.165) is 17.3 Å². The number of pyridine rings is 1. The van der Waals surface area contributed by atoms with Crippen molar-refractivity contribution in [2.75, 3.05) is 19.6 Å². The van der Waals surface area contributed by atoms with Crippen LogP contribution in [-0.4, -0.2) is 41.3 Å². The van der Waals surface area contributed by atoms with Crippen molar-refractivity contribution in [3.63, 3.8) is 0 Å². The maximum Gasteiger partial charge on any atom is 0.254 e. The van der Waals surface area contributed by atoms with Gasteiger partial charge in [0.05, 0.1) is 12.1 Å². The van der Waals surface area contributed by atoms with Crippen molar-refractivity contribution >= 4 is 22.7 Å². The highest BCUT2D eigenvalue weighted by atomic mass is 16.2. The Hall–Kier alpha value is -2.43. The lowest BCUT2D eigenvalue weighted by atomic mass is 10.1. The first-order chi connectivity index (χ1) is 9.74. The summed E-state index contributed by atoms with van der Waals surface area (Å²) in [5.41, 5.74) is 1.46. The summed E-state index contributed by atoms with van der Waals surface area (Å²) in [5.74, 6) is -0.203. The van der Waals surface area contributed by atoms with E-state index in [-0.39, 0.29) is 18.4 Å². The Kier molecular flexibility index (Phi) is 3.33. The molecule has 5 heteroatoms. The summed E-state index contributed by atoms with van der Waals surface area (Å²) in [7, 11) is 0. The summed E-state index contributed by atoms with van der Waals surface area (Å²) in [4.78, 5) is 29.8. The summed E-state index contributed by atoms with van der Waals surface area (Å²) < 4.78 is 0. The Labute approximate surface area is 116 Å². The van der Waals surface area contributed by atoms with Gasteiger partial charge in [-0.3, -0.25) is 14.6 Å². The second-order valence-corrected chi connectivity index (χ2v) is 4.84. The van der Waals surface area contributed by atoms with Crippen LogP contribution in [0.1, 0.15) is 16.8 Å². The van der Waals surface area contributed by atoms with E-state index >= 15 is 0 Å². The molecule has 0 spiro atoms. The first kappa shape index (κ1) is 12.6. The van der Waals surface area contributed by atoms with Crippen molar-refractivity contribution in [1.82, 2.24) is 15.2 Å². The van der Waals surface area contributed by atoms with Gasteiger partial charge in [-0.15, -0.1) is 0 Å². The molecule has 3 rings (SSSR count). The van der Waals surface area contributed by atoms with Crippen molar-refractivity contribution < 1.29 is 9.59 Å². The third-order valence-electron chi connectivity index (χ3n) is 3.40.